The highest BCUT2D eigenvalue weighted by molar-refractivity contribution is 6.04. The van der Waals surface area contributed by atoms with E-state index >= 15 is 0 Å². The predicted molar refractivity (Wildman–Crippen MR) is 166 cm³/mol. The molecule has 0 N–H and O–H groups in total. The molecule has 8 nitrogen and oxygen atoms in total. The second-order valence-electron chi connectivity index (χ2n) is 12.3. The van der Waals surface area contributed by atoms with Gasteiger partial charge in [-0.05, 0) is 99.2 Å². The first kappa shape index (κ1) is 33.4. The molecule has 0 bridgehead atoms. The summed E-state index contributed by atoms with van der Waals surface area (Å²) >= 11 is 0. The molecule has 2 aromatic heterocycles. The molecule has 2 aliphatic carbocycles. The maximum atomic E-state index is 14.2. The number of carbonyl (C=O) groups is 2. The lowest BCUT2D eigenvalue weighted by atomic mass is 9.81. The third-order valence-corrected chi connectivity index (χ3v) is 9.12. The fourth-order valence-electron chi connectivity index (χ4n) is 6.50. The Hall–Kier alpha value is -3.99. The summed E-state index contributed by atoms with van der Waals surface area (Å²) < 4.78 is 58.9. The number of aromatic nitrogens is 2. The molecule has 2 fully saturated rings. The number of alkyl halides is 3. The Bertz CT molecular complexity index is 1500. The van der Waals surface area contributed by atoms with Gasteiger partial charge in [-0.25, -0.2) is 9.78 Å². The molecule has 0 spiro atoms. The molecule has 0 unspecified atom stereocenters. The number of anilines is 1. The van der Waals surface area contributed by atoms with Crippen LogP contribution in [0.25, 0.3) is 0 Å². The highest BCUT2D eigenvalue weighted by Crippen LogP contribution is 2.40. The summed E-state index contributed by atoms with van der Waals surface area (Å²) in [7, 11) is 2.90. The standard InChI is InChI=1S/C35H40F3N3O5/c1-22-7-9-24(10-8-22)33(42)41(26-11-13-27(44-2)14-12-26)31-16-15-28(20-29(31)34(43)45-3)46-32-30(35(36,37)38)19-23(21-40-32)18-25-6-4-5-17-39-25/h4-6,15-17,19-22,24,26-27H,7-14,18H2,1-3H3. The van der Waals surface area contributed by atoms with Gasteiger partial charge in [0.15, 0.2) is 0 Å². The van der Waals surface area contributed by atoms with E-state index in [1.807, 2.05) is 0 Å². The van der Waals surface area contributed by atoms with E-state index < -0.39 is 23.6 Å². The zero-order valence-electron chi connectivity index (χ0n) is 26.4. The summed E-state index contributed by atoms with van der Waals surface area (Å²) in [4.78, 5) is 37.3. The number of carbonyl (C=O) groups excluding carboxylic acids is 2. The van der Waals surface area contributed by atoms with Crippen LogP contribution in [0.2, 0.25) is 0 Å². The van der Waals surface area contributed by atoms with Crippen LogP contribution in [0.15, 0.2) is 54.9 Å². The van der Waals surface area contributed by atoms with Crippen molar-refractivity contribution in [3.63, 3.8) is 0 Å². The summed E-state index contributed by atoms with van der Waals surface area (Å²) in [5.74, 6) is -1.09. The third-order valence-electron chi connectivity index (χ3n) is 9.12. The van der Waals surface area contributed by atoms with Crippen molar-refractivity contribution in [1.82, 2.24) is 9.97 Å². The normalized spacial score (nSPS) is 21.8. The Morgan fingerprint density at radius 3 is 2.30 bits per heavy atom. The van der Waals surface area contributed by atoms with E-state index in [4.69, 9.17) is 14.2 Å². The first-order chi connectivity index (χ1) is 22.1. The van der Waals surface area contributed by atoms with Gasteiger partial charge in [-0.2, -0.15) is 13.2 Å². The summed E-state index contributed by atoms with van der Waals surface area (Å²) in [5, 5.41) is 0. The molecule has 246 valence electrons. The van der Waals surface area contributed by atoms with Gasteiger partial charge in [-0.3, -0.25) is 9.78 Å². The third kappa shape index (κ3) is 7.86. The molecule has 2 heterocycles. The Kier molecular flexibility index (Phi) is 10.6. The molecule has 1 aromatic carbocycles. The first-order valence-corrected chi connectivity index (χ1v) is 15.8. The molecule has 0 radical (unpaired) electrons. The van der Waals surface area contributed by atoms with Gasteiger partial charge in [0.2, 0.25) is 11.8 Å². The van der Waals surface area contributed by atoms with E-state index in [0.29, 0.717) is 35.7 Å². The van der Waals surface area contributed by atoms with E-state index in [2.05, 4.69) is 16.9 Å². The summed E-state index contributed by atoms with van der Waals surface area (Å²) in [6.07, 6.45) is 4.74. The lowest BCUT2D eigenvalue weighted by Gasteiger charge is -2.40. The lowest BCUT2D eigenvalue weighted by Crippen LogP contribution is -2.47. The number of rotatable bonds is 9. The minimum Gasteiger partial charge on any atom is -0.465 e. The van der Waals surface area contributed by atoms with Crippen molar-refractivity contribution in [2.45, 2.75) is 83.0 Å². The molecule has 0 atom stereocenters. The minimum atomic E-state index is -4.75. The molecule has 3 aromatic rings. The van der Waals surface area contributed by atoms with Crippen molar-refractivity contribution in [2.24, 2.45) is 11.8 Å². The fraction of sp³-hybridized carbons (Fsp3) is 0.486. The smallest absolute Gasteiger partial charge is 0.421 e. The van der Waals surface area contributed by atoms with Gasteiger partial charge in [0.05, 0.1) is 24.5 Å². The average Bonchev–Trinajstić information content (AvgIpc) is 3.06. The monoisotopic (exact) mass is 639 g/mol. The second kappa shape index (κ2) is 14.6. The van der Waals surface area contributed by atoms with Crippen molar-refractivity contribution in [2.75, 3.05) is 19.1 Å². The molecule has 1 amide bonds. The maximum absolute atomic E-state index is 14.2. The highest BCUT2D eigenvalue weighted by Gasteiger charge is 2.38. The van der Waals surface area contributed by atoms with E-state index in [-0.39, 0.29) is 41.7 Å². The van der Waals surface area contributed by atoms with Crippen LogP contribution >= 0.6 is 0 Å². The van der Waals surface area contributed by atoms with Gasteiger partial charge >= 0.3 is 12.1 Å². The number of benzene rings is 1. The number of methoxy groups -OCH3 is 2. The predicted octanol–water partition coefficient (Wildman–Crippen LogP) is 7.78. The molecule has 5 rings (SSSR count). The van der Waals surface area contributed by atoms with E-state index in [0.717, 1.165) is 44.6 Å². The van der Waals surface area contributed by atoms with Crippen molar-refractivity contribution < 1.29 is 37.0 Å². The van der Waals surface area contributed by atoms with Crippen LogP contribution in [-0.4, -0.2) is 48.2 Å². The number of pyridine rings is 2. The SMILES string of the molecule is COC(=O)c1cc(Oc2ncc(Cc3ccccn3)cc2C(F)(F)F)ccc1N(C(=O)C1CCC(C)CC1)C1CCC(OC)CC1. The zero-order valence-corrected chi connectivity index (χ0v) is 26.4. The number of hydrogen-bond donors (Lipinski definition) is 0. The molecular formula is C35H40F3N3O5. The average molecular weight is 640 g/mol. The number of halogens is 3. The Morgan fingerprint density at radius 2 is 1.67 bits per heavy atom. The number of nitrogens with zero attached hydrogens (tertiary/aromatic N) is 3. The van der Waals surface area contributed by atoms with Crippen LogP contribution in [0.5, 0.6) is 11.6 Å². The highest BCUT2D eigenvalue weighted by atomic mass is 19.4. The van der Waals surface area contributed by atoms with E-state index in [9.17, 15) is 22.8 Å². The van der Waals surface area contributed by atoms with Crippen LogP contribution in [0.3, 0.4) is 0 Å². The second-order valence-corrected chi connectivity index (χ2v) is 12.3. The van der Waals surface area contributed by atoms with E-state index in [1.165, 1.54) is 25.4 Å². The number of ether oxygens (including phenoxy) is 3. The molecule has 0 aliphatic heterocycles. The Labute approximate surface area is 267 Å². The number of hydrogen-bond acceptors (Lipinski definition) is 7. The molecule has 2 aliphatic rings. The van der Waals surface area contributed by atoms with Crippen molar-refractivity contribution >= 4 is 17.6 Å². The quantitative estimate of drug-likeness (QED) is 0.221. The summed E-state index contributed by atoms with van der Waals surface area (Å²) in [6.45, 7) is 2.19. The lowest BCUT2D eigenvalue weighted by molar-refractivity contribution is -0.139. The maximum Gasteiger partial charge on any atom is 0.421 e. The largest absolute Gasteiger partial charge is 0.465 e. The van der Waals surface area contributed by atoms with Crippen LogP contribution < -0.4 is 9.64 Å². The summed E-state index contributed by atoms with van der Waals surface area (Å²) in [5.41, 5.74) is 0.258. The topological polar surface area (TPSA) is 90.9 Å². The fourth-order valence-corrected chi connectivity index (χ4v) is 6.50. The van der Waals surface area contributed by atoms with Gasteiger partial charge in [-0.1, -0.05) is 13.0 Å². The van der Waals surface area contributed by atoms with Crippen molar-refractivity contribution in [3.8, 4) is 11.6 Å². The van der Waals surface area contributed by atoms with Crippen LogP contribution in [0.1, 0.15) is 85.5 Å². The molecule has 2 saturated carbocycles. The Balaban J connectivity index is 1.49. The van der Waals surface area contributed by atoms with Gasteiger partial charge < -0.3 is 19.1 Å². The molecule has 11 heteroatoms. The summed E-state index contributed by atoms with van der Waals surface area (Å²) in [6, 6.07) is 10.4. The number of amides is 1. The van der Waals surface area contributed by atoms with Gasteiger partial charge in [-0.15, -0.1) is 0 Å². The van der Waals surface area contributed by atoms with Gasteiger partial charge in [0.25, 0.3) is 0 Å². The van der Waals surface area contributed by atoms with Crippen LogP contribution in [0.4, 0.5) is 18.9 Å². The first-order valence-electron chi connectivity index (χ1n) is 15.8. The van der Waals surface area contributed by atoms with E-state index in [1.54, 1.807) is 42.5 Å². The Morgan fingerprint density at radius 1 is 0.935 bits per heavy atom. The zero-order chi connectivity index (χ0) is 32.8. The van der Waals surface area contributed by atoms with Crippen LogP contribution in [0, 0.1) is 11.8 Å². The van der Waals surface area contributed by atoms with Gasteiger partial charge in [0, 0.05) is 43.6 Å². The van der Waals surface area contributed by atoms with Crippen molar-refractivity contribution in [1.29, 1.82) is 0 Å². The van der Waals surface area contributed by atoms with Gasteiger partial charge in [0.1, 0.15) is 11.3 Å². The molecule has 46 heavy (non-hydrogen) atoms. The van der Waals surface area contributed by atoms with Crippen LogP contribution in [-0.2, 0) is 26.9 Å². The van der Waals surface area contributed by atoms with Crippen molar-refractivity contribution in [3.05, 3.63) is 77.2 Å². The minimum absolute atomic E-state index is 0.0340. The number of esters is 1. The molecular weight excluding hydrogens is 599 g/mol. The molecule has 0 saturated heterocycles.